The molecule has 0 aromatic heterocycles. The van der Waals surface area contributed by atoms with Crippen LogP contribution >= 0.6 is 11.6 Å². The average molecular weight is 274 g/mol. The summed E-state index contributed by atoms with van der Waals surface area (Å²) in [6.07, 6.45) is 0. The molecule has 0 heterocycles. The molecule has 2 rings (SSSR count). The largest absolute Gasteiger partial charge is 0.289 e. The van der Waals surface area contributed by atoms with Crippen LogP contribution in [0.15, 0.2) is 42.5 Å². The molecule has 19 heavy (non-hydrogen) atoms. The van der Waals surface area contributed by atoms with Gasteiger partial charge in [-0.2, -0.15) is 0 Å². The van der Waals surface area contributed by atoms with Crippen LogP contribution in [0.1, 0.15) is 21.5 Å². The zero-order valence-electron chi connectivity index (χ0n) is 9.86. The summed E-state index contributed by atoms with van der Waals surface area (Å²) in [6, 6.07) is 10.1. The molecule has 2 aromatic rings. The molecular formula is C15H9ClFNO. The molecule has 0 spiro atoms. The summed E-state index contributed by atoms with van der Waals surface area (Å²) in [7, 11) is 0. The maximum atomic E-state index is 12.8. The van der Waals surface area contributed by atoms with Gasteiger partial charge in [0, 0.05) is 17.0 Å². The highest BCUT2D eigenvalue weighted by Crippen LogP contribution is 2.22. The van der Waals surface area contributed by atoms with Crippen molar-refractivity contribution in [1.82, 2.24) is 0 Å². The van der Waals surface area contributed by atoms with Gasteiger partial charge >= 0.3 is 0 Å². The van der Waals surface area contributed by atoms with Gasteiger partial charge in [0.15, 0.2) is 11.5 Å². The second-order valence-corrected chi connectivity index (χ2v) is 4.19. The Hall–Kier alpha value is -2.18. The van der Waals surface area contributed by atoms with Gasteiger partial charge in [-0.1, -0.05) is 18.2 Å². The number of carbonyl (C=O) groups is 1. The summed E-state index contributed by atoms with van der Waals surface area (Å²) in [5.74, 6) is -0.476. The van der Waals surface area contributed by atoms with Crippen LogP contribution in [0, 0.1) is 12.4 Å². The van der Waals surface area contributed by atoms with Crippen LogP contribution in [0.4, 0.5) is 10.1 Å². The van der Waals surface area contributed by atoms with Crippen molar-refractivity contribution in [3.8, 4) is 0 Å². The summed E-state index contributed by atoms with van der Waals surface area (Å²) < 4.78 is 12.8. The van der Waals surface area contributed by atoms with E-state index in [4.69, 9.17) is 18.2 Å². The molecule has 0 saturated carbocycles. The summed E-state index contributed by atoms with van der Waals surface area (Å²) in [5.41, 5.74) is 1.87. The minimum absolute atomic E-state index is 0.144. The summed E-state index contributed by atoms with van der Waals surface area (Å²) in [4.78, 5) is 15.6. The number of alkyl halides is 1. The van der Waals surface area contributed by atoms with Gasteiger partial charge in [0.25, 0.3) is 0 Å². The van der Waals surface area contributed by atoms with Gasteiger partial charge in [0.1, 0.15) is 5.82 Å². The van der Waals surface area contributed by atoms with Crippen molar-refractivity contribution in [2.75, 3.05) is 0 Å². The van der Waals surface area contributed by atoms with Gasteiger partial charge in [-0.15, -0.1) is 11.6 Å². The number of hydrogen-bond donors (Lipinski definition) is 0. The van der Waals surface area contributed by atoms with Crippen LogP contribution in [0.3, 0.4) is 0 Å². The molecule has 0 N–H and O–H groups in total. The van der Waals surface area contributed by atoms with E-state index >= 15 is 0 Å². The smallest absolute Gasteiger partial charge is 0.193 e. The lowest BCUT2D eigenvalue weighted by atomic mass is 9.98. The predicted molar refractivity (Wildman–Crippen MR) is 72.1 cm³/mol. The fourth-order valence-electron chi connectivity index (χ4n) is 1.74. The summed E-state index contributed by atoms with van der Waals surface area (Å²) >= 11 is 5.80. The average Bonchev–Trinajstić information content (AvgIpc) is 2.46. The molecule has 0 fully saturated rings. The first-order valence-corrected chi connectivity index (χ1v) is 6.06. The molecule has 0 atom stereocenters. The molecule has 4 heteroatoms. The lowest BCUT2D eigenvalue weighted by Gasteiger charge is -2.07. The van der Waals surface area contributed by atoms with Crippen molar-refractivity contribution >= 4 is 23.1 Å². The highest BCUT2D eigenvalue weighted by atomic mass is 35.5. The molecule has 0 aliphatic heterocycles. The van der Waals surface area contributed by atoms with E-state index in [2.05, 4.69) is 4.85 Å². The molecular weight excluding hydrogens is 265 g/mol. The van der Waals surface area contributed by atoms with E-state index < -0.39 is 5.82 Å². The van der Waals surface area contributed by atoms with Gasteiger partial charge < -0.3 is 0 Å². The van der Waals surface area contributed by atoms with Crippen LogP contribution < -0.4 is 0 Å². The number of halogens is 2. The van der Waals surface area contributed by atoms with Crippen molar-refractivity contribution < 1.29 is 9.18 Å². The monoisotopic (exact) mass is 273 g/mol. The van der Waals surface area contributed by atoms with Gasteiger partial charge in [-0.05, 0) is 29.8 Å². The SMILES string of the molecule is [C-]#[N+]c1ccc(C(=O)c2ccc(F)cc2)c(CCl)c1. The van der Waals surface area contributed by atoms with E-state index in [0.29, 0.717) is 22.4 Å². The van der Waals surface area contributed by atoms with Crippen molar-refractivity contribution in [2.24, 2.45) is 0 Å². The second kappa shape index (κ2) is 5.64. The van der Waals surface area contributed by atoms with Gasteiger partial charge in [0.2, 0.25) is 0 Å². The Labute approximate surface area is 115 Å². The lowest BCUT2D eigenvalue weighted by Crippen LogP contribution is -2.04. The third kappa shape index (κ3) is 2.81. The minimum atomic E-state index is -0.391. The first-order valence-electron chi connectivity index (χ1n) is 5.52. The number of hydrogen-bond acceptors (Lipinski definition) is 1. The summed E-state index contributed by atoms with van der Waals surface area (Å²) in [5, 5.41) is 0. The van der Waals surface area contributed by atoms with Crippen molar-refractivity contribution in [1.29, 1.82) is 0 Å². The standard InChI is InChI=1S/C15H9ClFNO/c1-18-13-6-7-14(11(8-13)9-16)15(19)10-2-4-12(17)5-3-10/h2-8H,9H2. The Morgan fingerprint density at radius 3 is 2.47 bits per heavy atom. The zero-order chi connectivity index (χ0) is 13.8. The molecule has 2 aromatic carbocycles. The van der Waals surface area contributed by atoms with E-state index in [0.717, 1.165) is 0 Å². The summed E-state index contributed by atoms with van der Waals surface area (Å²) in [6.45, 7) is 6.94. The maximum Gasteiger partial charge on any atom is 0.193 e. The Bertz CT molecular complexity index is 659. The number of carbonyl (C=O) groups excluding carboxylic acids is 1. The van der Waals surface area contributed by atoms with Gasteiger partial charge in [0.05, 0.1) is 6.57 Å². The lowest BCUT2D eigenvalue weighted by molar-refractivity contribution is 0.103. The van der Waals surface area contributed by atoms with Crippen molar-refractivity contribution in [3.63, 3.8) is 0 Å². The maximum absolute atomic E-state index is 12.8. The Balaban J connectivity index is 2.44. The van der Waals surface area contributed by atoms with E-state index in [9.17, 15) is 9.18 Å². The quantitative estimate of drug-likeness (QED) is 0.463. The number of ketones is 1. The Morgan fingerprint density at radius 2 is 1.89 bits per heavy atom. The Morgan fingerprint density at radius 1 is 1.21 bits per heavy atom. The second-order valence-electron chi connectivity index (χ2n) is 3.92. The molecule has 0 amide bonds. The minimum Gasteiger partial charge on any atom is -0.289 e. The molecule has 0 aliphatic rings. The normalized spacial score (nSPS) is 9.95. The van der Waals surface area contributed by atoms with Gasteiger partial charge in [-0.25, -0.2) is 9.24 Å². The highest BCUT2D eigenvalue weighted by Gasteiger charge is 2.13. The van der Waals surface area contributed by atoms with Crippen LogP contribution in [0.2, 0.25) is 0 Å². The topological polar surface area (TPSA) is 21.4 Å². The Kier molecular flexibility index (Phi) is 3.94. The van der Waals surface area contributed by atoms with Crippen LogP contribution in [0.5, 0.6) is 0 Å². The zero-order valence-corrected chi connectivity index (χ0v) is 10.6. The third-order valence-electron chi connectivity index (χ3n) is 2.71. The number of nitrogens with zero attached hydrogens (tertiary/aromatic N) is 1. The van der Waals surface area contributed by atoms with Crippen molar-refractivity contribution in [2.45, 2.75) is 5.88 Å². The van der Waals surface area contributed by atoms with Crippen LogP contribution in [-0.2, 0) is 5.88 Å². The van der Waals surface area contributed by atoms with E-state index in [-0.39, 0.29) is 11.7 Å². The fourth-order valence-corrected chi connectivity index (χ4v) is 1.96. The molecule has 0 unspecified atom stereocenters. The molecule has 0 radical (unpaired) electrons. The fraction of sp³-hybridized carbons (Fsp3) is 0.0667. The number of benzene rings is 2. The molecule has 94 valence electrons. The first-order chi connectivity index (χ1) is 9.15. The predicted octanol–water partition coefficient (Wildman–Crippen LogP) is 4.35. The molecule has 0 saturated heterocycles. The molecule has 0 aliphatic carbocycles. The van der Waals surface area contributed by atoms with Crippen molar-refractivity contribution in [3.05, 3.63) is 76.4 Å². The molecule has 2 nitrogen and oxygen atoms in total. The molecule has 0 bridgehead atoms. The first kappa shape index (κ1) is 13.3. The van der Waals surface area contributed by atoms with E-state index in [1.807, 2.05) is 0 Å². The third-order valence-corrected chi connectivity index (χ3v) is 3.00. The van der Waals surface area contributed by atoms with E-state index in [1.165, 1.54) is 24.3 Å². The van der Waals surface area contributed by atoms with Crippen LogP contribution in [0.25, 0.3) is 4.85 Å². The van der Waals surface area contributed by atoms with Gasteiger partial charge in [-0.3, -0.25) is 4.79 Å². The van der Waals surface area contributed by atoms with E-state index in [1.54, 1.807) is 18.2 Å². The number of rotatable bonds is 3. The highest BCUT2D eigenvalue weighted by molar-refractivity contribution is 6.18. The van der Waals surface area contributed by atoms with Crippen LogP contribution in [-0.4, -0.2) is 5.78 Å².